The highest BCUT2D eigenvalue weighted by Gasteiger charge is 2.32. The second kappa shape index (κ2) is 8.04. The van der Waals surface area contributed by atoms with E-state index in [1.807, 2.05) is 43.9 Å². The molecule has 0 unspecified atom stereocenters. The summed E-state index contributed by atoms with van der Waals surface area (Å²) in [5.41, 5.74) is 3.61. The van der Waals surface area contributed by atoms with Crippen molar-refractivity contribution in [2.24, 2.45) is 0 Å². The zero-order valence-electron chi connectivity index (χ0n) is 17.9. The van der Waals surface area contributed by atoms with Gasteiger partial charge in [0.2, 0.25) is 0 Å². The number of aromatic amines is 1. The number of Topliss-reactive ketones (excluding diaryl/α,β-unsaturated/α-hetero) is 1. The number of hydrogen-bond donors (Lipinski definition) is 1. The summed E-state index contributed by atoms with van der Waals surface area (Å²) < 4.78 is 39.1. The maximum atomic E-state index is 13.3. The van der Waals surface area contributed by atoms with Crippen molar-refractivity contribution in [3.05, 3.63) is 64.8 Å². The van der Waals surface area contributed by atoms with E-state index in [2.05, 4.69) is 9.88 Å². The maximum Gasteiger partial charge on any atom is 0.416 e. The van der Waals surface area contributed by atoms with Gasteiger partial charge in [0.25, 0.3) is 0 Å². The highest BCUT2D eigenvalue weighted by molar-refractivity contribution is 6.11. The quantitative estimate of drug-likeness (QED) is 0.580. The standard InChI is InChI=1S/C24H26F3N3O/c1-15-7-8-20-21(13-15)28-16(2)22(20)23(31)17(3)29-9-11-30(12-10-29)19-6-4-5-18(14-19)24(25,26)27/h4-8,13-14,17,28H,9-12H2,1-3H3/t17-/m0/s1. The molecular weight excluding hydrogens is 403 g/mol. The molecule has 2 aromatic carbocycles. The Hall–Kier alpha value is -2.80. The lowest BCUT2D eigenvalue weighted by atomic mass is 9.99. The van der Waals surface area contributed by atoms with Crippen LogP contribution in [0.25, 0.3) is 10.9 Å². The van der Waals surface area contributed by atoms with Crippen LogP contribution in [0.15, 0.2) is 42.5 Å². The smallest absolute Gasteiger partial charge is 0.369 e. The molecule has 0 amide bonds. The molecule has 1 N–H and O–H groups in total. The molecule has 1 saturated heterocycles. The predicted octanol–water partition coefficient (Wildman–Crippen LogP) is 5.20. The number of benzene rings is 2. The van der Waals surface area contributed by atoms with Gasteiger partial charge < -0.3 is 9.88 Å². The molecule has 0 aliphatic carbocycles. The number of aryl methyl sites for hydroxylation is 2. The Labute approximate surface area is 179 Å². The number of aromatic nitrogens is 1. The summed E-state index contributed by atoms with van der Waals surface area (Å²) in [6.45, 7) is 8.22. The first-order chi connectivity index (χ1) is 14.6. The number of ketones is 1. The molecule has 4 nitrogen and oxygen atoms in total. The van der Waals surface area contributed by atoms with E-state index in [1.165, 1.54) is 12.1 Å². The van der Waals surface area contributed by atoms with Crippen LogP contribution < -0.4 is 4.90 Å². The minimum absolute atomic E-state index is 0.0696. The van der Waals surface area contributed by atoms with Crippen molar-refractivity contribution in [2.45, 2.75) is 33.0 Å². The first kappa shape index (κ1) is 21.4. The summed E-state index contributed by atoms with van der Waals surface area (Å²) in [5.74, 6) is 0.0696. The van der Waals surface area contributed by atoms with Crippen LogP contribution in [0.2, 0.25) is 0 Å². The Morgan fingerprint density at radius 3 is 2.42 bits per heavy atom. The van der Waals surface area contributed by atoms with Crippen LogP contribution in [-0.2, 0) is 6.18 Å². The molecule has 3 aromatic rings. The molecule has 1 aliphatic rings. The highest BCUT2D eigenvalue weighted by atomic mass is 19.4. The largest absolute Gasteiger partial charge is 0.416 e. The van der Waals surface area contributed by atoms with Gasteiger partial charge in [-0.25, -0.2) is 0 Å². The van der Waals surface area contributed by atoms with E-state index in [-0.39, 0.29) is 11.8 Å². The van der Waals surface area contributed by atoms with Crippen molar-refractivity contribution in [3.8, 4) is 0 Å². The second-order valence-corrected chi connectivity index (χ2v) is 8.29. The number of carbonyl (C=O) groups excluding carboxylic acids is 1. The van der Waals surface area contributed by atoms with Crippen molar-refractivity contribution in [3.63, 3.8) is 0 Å². The number of nitrogens with one attached hydrogen (secondary N) is 1. The van der Waals surface area contributed by atoms with Crippen LogP contribution in [0.1, 0.15) is 34.1 Å². The molecule has 1 fully saturated rings. The highest BCUT2D eigenvalue weighted by Crippen LogP contribution is 2.32. The molecule has 1 atom stereocenters. The monoisotopic (exact) mass is 429 g/mol. The predicted molar refractivity (Wildman–Crippen MR) is 117 cm³/mol. The molecule has 0 bridgehead atoms. The van der Waals surface area contributed by atoms with Crippen molar-refractivity contribution in [1.82, 2.24) is 9.88 Å². The Kier molecular flexibility index (Phi) is 5.56. The number of carbonyl (C=O) groups is 1. The van der Waals surface area contributed by atoms with Crippen molar-refractivity contribution in [1.29, 1.82) is 0 Å². The zero-order valence-corrected chi connectivity index (χ0v) is 17.9. The number of alkyl halides is 3. The third-order valence-corrected chi connectivity index (χ3v) is 6.17. The van der Waals surface area contributed by atoms with Gasteiger partial charge in [-0.1, -0.05) is 18.2 Å². The summed E-state index contributed by atoms with van der Waals surface area (Å²) in [4.78, 5) is 20.7. The molecule has 4 rings (SSSR count). The van der Waals surface area contributed by atoms with Crippen LogP contribution in [0.3, 0.4) is 0 Å². The number of nitrogens with zero attached hydrogens (tertiary/aromatic N) is 2. The molecule has 31 heavy (non-hydrogen) atoms. The van der Waals surface area contributed by atoms with Crippen LogP contribution >= 0.6 is 0 Å². The number of H-pyrrole nitrogens is 1. The van der Waals surface area contributed by atoms with Gasteiger partial charge in [-0.05, 0) is 50.6 Å². The first-order valence-corrected chi connectivity index (χ1v) is 10.4. The normalized spacial score (nSPS) is 16.6. The molecular formula is C24H26F3N3O. The fourth-order valence-electron chi connectivity index (χ4n) is 4.38. The Morgan fingerprint density at radius 2 is 1.74 bits per heavy atom. The van der Waals surface area contributed by atoms with E-state index in [1.54, 1.807) is 6.07 Å². The Balaban J connectivity index is 1.47. The number of rotatable bonds is 4. The number of fused-ring (bicyclic) bond motifs is 1. The van der Waals surface area contributed by atoms with Gasteiger partial charge in [0.15, 0.2) is 5.78 Å². The third kappa shape index (κ3) is 4.19. The van der Waals surface area contributed by atoms with Crippen LogP contribution in [0.4, 0.5) is 18.9 Å². The Bertz CT molecular complexity index is 1110. The first-order valence-electron chi connectivity index (χ1n) is 10.4. The lowest BCUT2D eigenvalue weighted by Gasteiger charge is -2.38. The topological polar surface area (TPSA) is 39.3 Å². The SMILES string of the molecule is Cc1ccc2c(C(=O)[C@H](C)N3CCN(c4cccc(C(F)(F)F)c4)CC3)c(C)[nH]c2c1. The van der Waals surface area contributed by atoms with Gasteiger partial charge in [-0.2, -0.15) is 13.2 Å². The van der Waals surface area contributed by atoms with Crippen molar-refractivity contribution >= 4 is 22.4 Å². The van der Waals surface area contributed by atoms with Crippen LogP contribution in [0, 0.1) is 13.8 Å². The lowest BCUT2D eigenvalue weighted by molar-refractivity contribution is -0.137. The molecule has 1 aliphatic heterocycles. The van der Waals surface area contributed by atoms with Crippen molar-refractivity contribution < 1.29 is 18.0 Å². The number of anilines is 1. The van der Waals surface area contributed by atoms with E-state index in [0.29, 0.717) is 31.9 Å². The molecule has 1 aromatic heterocycles. The number of hydrogen-bond acceptors (Lipinski definition) is 3. The molecule has 7 heteroatoms. The summed E-state index contributed by atoms with van der Waals surface area (Å²) >= 11 is 0. The molecule has 2 heterocycles. The lowest BCUT2D eigenvalue weighted by Crippen LogP contribution is -2.51. The van der Waals surface area contributed by atoms with Crippen LogP contribution in [0.5, 0.6) is 0 Å². The van der Waals surface area contributed by atoms with E-state index in [4.69, 9.17) is 0 Å². The van der Waals surface area contributed by atoms with E-state index >= 15 is 0 Å². The third-order valence-electron chi connectivity index (χ3n) is 6.17. The number of halogens is 3. The van der Waals surface area contributed by atoms with Gasteiger partial charge in [-0.3, -0.25) is 9.69 Å². The maximum absolute atomic E-state index is 13.3. The summed E-state index contributed by atoms with van der Waals surface area (Å²) in [5, 5.41) is 0.933. The summed E-state index contributed by atoms with van der Waals surface area (Å²) in [6.07, 6.45) is -4.35. The molecule has 0 radical (unpaired) electrons. The average molecular weight is 429 g/mol. The second-order valence-electron chi connectivity index (χ2n) is 8.29. The fraction of sp³-hybridized carbons (Fsp3) is 0.375. The van der Waals surface area contributed by atoms with E-state index in [9.17, 15) is 18.0 Å². The summed E-state index contributed by atoms with van der Waals surface area (Å²) in [7, 11) is 0. The molecule has 0 spiro atoms. The van der Waals surface area contributed by atoms with Crippen molar-refractivity contribution in [2.75, 3.05) is 31.1 Å². The van der Waals surface area contributed by atoms with Gasteiger partial charge in [-0.15, -0.1) is 0 Å². The van der Waals surface area contributed by atoms with E-state index < -0.39 is 11.7 Å². The zero-order chi connectivity index (χ0) is 22.3. The van der Waals surface area contributed by atoms with Gasteiger partial charge in [0.05, 0.1) is 11.6 Å². The van der Waals surface area contributed by atoms with Gasteiger partial charge >= 0.3 is 6.18 Å². The van der Waals surface area contributed by atoms with Crippen LogP contribution in [-0.4, -0.2) is 47.9 Å². The van der Waals surface area contributed by atoms with Gasteiger partial charge in [0.1, 0.15) is 0 Å². The average Bonchev–Trinajstić information content (AvgIpc) is 3.07. The Morgan fingerprint density at radius 1 is 1.03 bits per heavy atom. The molecule has 164 valence electrons. The number of piperazine rings is 1. The van der Waals surface area contributed by atoms with E-state index in [0.717, 1.165) is 33.8 Å². The summed E-state index contributed by atoms with van der Waals surface area (Å²) in [6, 6.07) is 11.2. The minimum atomic E-state index is -4.35. The molecule has 0 saturated carbocycles. The minimum Gasteiger partial charge on any atom is -0.369 e. The fourth-order valence-corrected chi connectivity index (χ4v) is 4.38. The van der Waals surface area contributed by atoms with Gasteiger partial charge in [0, 0.05) is 54.0 Å².